The Morgan fingerprint density at radius 2 is 1.74 bits per heavy atom. The van der Waals surface area contributed by atoms with Crippen LogP contribution in [0.3, 0.4) is 0 Å². The number of hydrogen-bond acceptors (Lipinski definition) is 4. The number of fused-ring (bicyclic) bond motifs is 1. The van der Waals surface area contributed by atoms with Crippen LogP contribution in [0.1, 0.15) is 16.7 Å². The second-order valence-electron chi connectivity index (χ2n) is 7.85. The Morgan fingerprint density at radius 1 is 1.00 bits per heavy atom. The van der Waals surface area contributed by atoms with Gasteiger partial charge < -0.3 is 10.6 Å². The molecule has 1 heterocycles. The first-order valence-electron chi connectivity index (χ1n) is 10.3. The number of anilines is 2. The van der Waals surface area contributed by atoms with Crippen LogP contribution in [0.25, 0.3) is 10.9 Å². The molecule has 0 aliphatic carbocycles. The average Bonchev–Trinajstić information content (AvgIpc) is 3.14. The fraction of sp³-hybridized carbons (Fsp3) is 0.167. The molecule has 0 unspecified atom stereocenters. The number of rotatable bonds is 6. The number of benzene rings is 3. The lowest BCUT2D eigenvalue weighted by Crippen LogP contribution is -2.14. The molecule has 2 N–H and O–H groups in total. The third kappa shape index (κ3) is 5.29. The molecule has 35 heavy (non-hydrogen) atoms. The van der Waals surface area contributed by atoms with Crippen molar-refractivity contribution < 1.29 is 26.0 Å². The van der Waals surface area contributed by atoms with Crippen molar-refractivity contribution in [3.05, 3.63) is 89.4 Å². The highest BCUT2D eigenvalue weighted by Gasteiger charge is 2.32. The lowest BCUT2D eigenvalue weighted by atomic mass is 10.1. The molecule has 0 fully saturated rings. The molecular formula is C24H22ClF4N3O2S. The van der Waals surface area contributed by atoms with E-state index in [1.165, 1.54) is 18.3 Å². The molecule has 4 rings (SSSR count). The van der Waals surface area contributed by atoms with Gasteiger partial charge in [-0.2, -0.15) is 13.2 Å². The zero-order valence-corrected chi connectivity index (χ0v) is 20.3. The van der Waals surface area contributed by atoms with Gasteiger partial charge >= 0.3 is 6.18 Å². The molecule has 0 amide bonds. The Kier molecular flexibility index (Phi) is 7.49. The molecule has 0 spiro atoms. The Bertz CT molecular complexity index is 1480. The van der Waals surface area contributed by atoms with E-state index in [9.17, 15) is 26.0 Å². The summed E-state index contributed by atoms with van der Waals surface area (Å²) in [7, 11) is -2.67. The Morgan fingerprint density at radius 3 is 2.40 bits per heavy atom. The summed E-state index contributed by atoms with van der Waals surface area (Å²) in [5.41, 5.74) is 1.21. The summed E-state index contributed by atoms with van der Waals surface area (Å²) in [6.07, 6.45) is -3.30. The second-order valence-corrected chi connectivity index (χ2v) is 9.67. The molecule has 0 radical (unpaired) electrons. The predicted octanol–water partition coefficient (Wildman–Crippen LogP) is 6.23. The van der Waals surface area contributed by atoms with E-state index in [2.05, 4.69) is 10.6 Å². The van der Waals surface area contributed by atoms with Crippen molar-refractivity contribution in [1.82, 2.24) is 9.29 Å². The fourth-order valence-corrected chi connectivity index (χ4v) is 5.13. The van der Waals surface area contributed by atoms with Crippen LogP contribution in [0.5, 0.6) is 0 Å². The van der Waals surface area contributed by atoms with Crippen LogP contribution in [-0.4, -0.2) is 19.4 Å². The molecule has 4 aromatic rings. The molecule has 11 heteroatoms. The van der Waals surface area contributed by atoms with Gasteiger partial charge in [-0.15, -0.1) is 12.4 Å². The first-order chi connectivity index (χ1) is 16.0. The third-order valence-electron chi connectivity index (χ3n) is 5.34. The van der Waals surface area contributed by atoms with Gasteiger partial charge in [-0.1, -0.05) is 18.2 Å². The molecule has 3 aromatic carbocycles. The van der Waals surface area contributed by atoms with E-state index in [1.54, 1.807) is 38.2 Å². The monoisotopic (exact) mass is 527 g/mol. The standard InChI is InChI=1S/C24H21F4N3O2S.ClH/c1-15-6-9-22(21(25)10-15)30-18-7-8-20-16(13-29-2)14-31(23(20)12-18)34(32,33)19-5-3-4-17(11-19)24(26,27)28;/h3-12,14,29-30H,13H2,1-2H3;1H. The maximum Gasteiger partial charge on any atom is 0.416 e. The zero-order chi connectivity index (χ0) is 24.7. The van der Waals surface area contributed by atoms with E-state index < -0.39 is 32.5 Å². The summed E-state index contributed by atoms with van der Waals surface area (Å²) in [4.78, 5) is -0.488. The highest BCUT2D eigenvalue weighted by molar-refractivity contribution is 7.90. The van der Waals surface area contributed by atoms with Crippen LogP contribution in [-0.2, 0) is 22.7 Å². The van der Waals surface area contributed by atoms with E-state index >= 15 is 0 Å². The third-order valence-corrected chi connectivity index (χ3v) is 7.01. The van der Waals surface area contributed by atoms with Gasteiger partial charge in [0.05, 0.1) is 21.7 Å². The van der Waals surface area contributed by atoms with E-state index in [4.69, 9.17) is 0 Å². The van der Waals surface area contributed by atoms with Gasteiger partial charge in [-0.25, -0.2) is 16.8 Å². The summed E-state index contributed by atoms with van der Waals surface area (Å²) >= 11 is 0. The number of nitrogens with zero attached hydrogens (tertiary/aromatic N) is 1. The Hall–Kier alpha value is -3.08. The highest BCUT2D eigenvalue weighted by atomic mass is 35.5. The van der Waals surface area contributed by atoms with Crippen LogP contribution in [0.2, 0.25) is 0 Å². The number of aromatic nitrogens is 1. The van der Waals surface area contributed by atoms with Crippen LogP contribution < -0.4 is 10.6 Å². The molecule has 1 aromatic heterocycles. The number of nitrogens with one attached hydrogen (secondary N) is 2. The molecular weight excluding hydrogens is 506 g/mol. The van der Waals surface area contributed by atoms with Crippen LogP contribution in [0, 0.1) is 12.7 Å². The second kappa shape index (κ2) is 9.88. The lowest BCUT2D eigenvalue weighted by molar-refractivity contribution is -0.137. The van der Waals surface area contributed by atoms with Crippen molar-refractivity contribution in [1.29, 1.82) is 0 Å². The minimum absolute atomic E-state index is 0. The Balaban J connectivity index is 0.00000342. The van der Waals surface area contributed by atoms with Crippen LogP contribution >= 0.6 is 12.4 Å². The van der Waals surface area contributed by atoms with Gasteiger partial charge in [0, 0.05) is 23.8 Å². The van der Waals surface area contributed by atoms with Gasteiger partial charge in [0.2, 0.25) is 0 Å². The summed E-state index contributed by atoms with van der Waals surface area (Å²) in [5.74, 6) is -0.470. The van der Waals surface area contributed by atoms with E-state index in [-0.39, 0.29) is 23.6 Å². The van der Waals surface area contributed by atoms with Crippen molar-refractivity contribution in [2.24, 2.45) is 0 Å². The van der Waals surface area contributed by atoms with Crippen molar-refractivity contribution in [2.45, 2.75) is 24.5 Å². The summed E-state index contributed by atoms with van der Waals surface area (Å²) in [6.45, 7) is 2.09. The smallest absolute Gasteiger partial charge is 0.353 e. The summed E-state index contributed by atoms with van der Waals surface area (Å²) < 4.78 is 81.6. The first kappa shape index (κ1) is 26.5. The molecule has 0 aliphatic rings. The molecule has 186 valence electrons. The van der Waals surface area contributed by atoms with E-state index in [0.29, 0.717) is 29.2 Å². The molecule has 0 saturated carbocycles. The largest absolute Gasteiger partial charge is 0.416 e. The molecule has 5 nitrogen and oxygen atoms in total. The maximum atomic E-state index is 14.3. The number of hydrogen-bond donors (Lipinski definition) is 2. The van der Waals surface area contributed by atoms with Crippen molar-refractivity contribution in [2.75, 3.05) is 12.4 Å². The fourth-order valence-electron chi connectivity index (χ4n) is 3.70. The SMILES string of the molecule is CNCc1cn(S(=O)(=O)c2cccc(C(F)(F)F)c2)c2cc(Nc3ccc(C)cc3F)ccc12.Cl. The molecule has 0 aliphatic heterocycles. The lowest BCUT2D eigenvalue weighted by Gasteiger charge is -2.12. The van der Waals surface area contributed by atoms with Crippen molar-refractivity contribution in [3.63, 3.8) is 0 Å². The van der Waals surface area contributed by atoms with Gasteiger partial charge in [0.15, 0.2) is 0 Å². The minimum Gasteiger partial charge on any atom is -0.353 e. The Labute approximate surface area is 206 Å². The predicted molar refractivity (Wildman–Crippen MR) is 130 cm³/mol. The molecule has 0 bridgehead atoms. The quantitative estimate of drug-likeness (QED) is 0.292. The average molecular weight is 528 g/mol. The minimum atomic E-state index is -4.68. The van der Waals surface area contributed by atoms with Gasteiger partial charge in [0.1, 0.15) is 5.82 Å². The molecule has 0 atom stereocenters. The maximum absolute atomic E-state index is 14.3. The summed E-state index contributed by atoms with van der Waals surface area (Å²) in [5, 5.41) is 6.48. The van der Waals surface area contributed by atoms with Gasteiger partial charge in [-0.05, 0) is 67.6 Å². The van der Waals surface area contributed by atoms with Crippen LogP contribution in [0.15, 0.2) is 71.8 Å². The van der Waals surface area contributed by atoms with Gasteiger partial charge in [0.25, 0.3) is 10.0 Å². The topological polar surface area (TPSA) is 63.1 Å². The van der Waals surface area contributed by atoms with Crippen molar-refractivity contribution >= 4 is 44.7 Å². The zero-order valence-electron chi connectivity index (χ0n) is 18.7. The highest BCUT2D eigenvalue weighted by Crippen LogP contribution is 2.33. The number of aryl methyl sites for hydroxylation is 1. The number of halogens is 5. The van der Waals surface area contributed by atoms with Crippen LogP contribution in [0.4, 0.5) is 28.9 Å². The van der Waals surface area contributed by atoms with E-state index in [0.717, 1.165) is 27.7 Å². The van der Waals surface area contributed by atoms with Gasteiger partial charge in [-0.3, -0.25) is 0 Å². The van der Waals surface area contributed by atoms with Crippen molar-refractivity contribution in [3.8, 4) is 0 Å². The normalized spacial score (nSPS) is 11.9. The molecule has 0 saturated heterocycles. The number of alkyl halides is 3. The summed E-state index contributed by atoms with van der Waals surface area (Å²) in [6, 6.07) is 13.2. The van der Waals surface area contributed by atoms with E-state index in [1.807, 2.05) is 0 Å². The first-order valence-corrected chi connectivity index (χ1v) is 11.7.